The number of nitro groups is 2. The second kappa shape index (κ2) is 7.73. The van der Waals surface area contributed by atoms with Gasteiger partial charge in [-0.15, -0.1) is 0 Å². The lowest BCUT2D eigenvalue weighted by atomic mass is 10.3. The summed E-state index contributed by atoms with van der Waals surface area (Å²) in [6.07, 6.45) is 0. The number of hydrogen-bond acceptors (Lipinski definition) is 7. The normalized spacial score (nSPS) is 9.96. The van der Waals surface area contributed by atoms with E-state index in [4.69, 9.17) is 9.47 Å². The quantitative estimate of drug-likeness (QED) is 0.600. The Morgan fingerprint density at radius 2 is 1.88 bits per heavy atom. The summed E-state index contributed by atoms with van der Waals surface area (Å²) in [5, 5.41) is 24.0. The standard InChI is InChI=1S/C15H13N3O7/c1-24-14-8-12(5-6-13(14)18(22)23)25-9-15(19)16-10-3-2-4-11(7-10)17(20)21/h2-8H,9H2,1H3,(H,16,19). The molecule has 0 bridgehead atoms. The van der Waals surface area contributed by atoms with Crippen molar-refractivity contribution < 1.29 is 24.1 Å². The van der Waals surface area contributed by atoms with Crippen molar-refractivity contribution in [3.63, 3.8) is 0 Å². The van der Waals surface area contributed by atoms with Crippen LogP contribution in [0, 0.1) is 20.2 Å². The van der Waals surface area contributed by atoms with E-state index >= 15 is 0 Å². The number of nitrogens with one attached hydrogen (secondary N) is 1. The van der Waals surface area contributed by atoms with Crippen LogP contribution >= 0.6 is 0 Å². The van der Waals surface area contributed by atoms with Crippen LogP contribution < -0.4 is 14.8 Å². The van der Waals surface area contributed by atoms with Crippen LogP contribution in [0.5, 0.6) is 11.5 Å². The summed E-state index contributed by atoms with van der Waals surface area (Å²) in [6.45, 7) is -0.385. The topological polar surface area (TPSA) is 134 Å². The van der Waals surface area contributed by atoms with E-state index in [0.29, 0.717) is 0 Å². The van der Waals surface area contributed by atoms with Gasteiger partial charge in [0.2, 0.25) is 5.75 Å². The van der Waals surface area contributed by atoms with Crippen LogP contribution in [0.4, 0.5) is 17.1 Å². The van der Waals surface area contributed by atoms with Crippen molar-refractivity contribution in [2.24, 2.45) is 0 Å². The number of carbonyl (C=O) groups is 1. The zero-order valence-corrected chi connectivity index (χ0v) is 13.0. The monoisotopic (exact) mass is 347 g/mol. The highest BCUT2D eigenvalue weighted by Crippen LogP contribution is 2.30. The third kappa shape index (κ3) is 4.64. The minimum absolute atomic E-state index is 0.00147. The van der Waals surface area contributed by atoms with E-state index < -0.39 is 15.8 Å². The fraction of sp³-hybridized carbons (Fsp3) is 0.133. The zero-order valence-electron chi connectivity index (χ0n) is 13.0. The largest absolute Gasteiger partial charge is 0.490 e. The molecule has 25 heavy (non-hydrogen) atoms. The molecule has 0 aromatic heterocycles. The fourth-order valence-corrected chi connectivity index (χ4v) is 1.94. The molecular formula is C15H13N3O7. The highest BCUT2D eigenvalue weighted by Gasteiger charge is 2.16. The lowest BCUT2D eigenvalue weighted by Crippen LogP contribution is -2.20. The number of carbonyl (C=O) groups excluding carboxylic acids is 1. The van der Waals surface area contributed by atoms with Gasteiger partial charge in [-0.05, 0) is 12.1 Å². The number of nitrogens with zero attached hydrogens (tertiary/aromatic N) is 2. The smallest absolute Gasteiger partial charge is 0.311 e. The molecule has 130 valence electrons. The van der Waals surface area contributed by atoms with Gasteiger partial charge in [0, 0.05) is 30.0 Å². The molecule has 10 heteroatoms. The van der Waals surface area contributed by atoms with E-state index in [2.05, 4.69) is 5.32 Å². The summed E-state index contributed by atoms with van der Waals surface area (Å²) in [5.41, 5.74) is -0.126. The minimum atomic E-state index is -0.600. The van der Waals surface area contributed by atoms with Crippen molar-refractivity contribution in [1.82, 2.24) is 0 Å². The van der Waals surface area contributed by atoms with Crippen molar-refractivity contribution in [2.75, 3.05) is 19.0 Å². The molecule has 2 aromatic rings. The predicted octanol–water partition coefficient (Wildman–Crippen LogP) is 2.53. The van der Waals surface area contributed by atoms with Gasteiger partial charge in [-0.3, -0.25) is 25.0 Å². The first-order chi connectivity index (χ1) is 11.9. The second-order valence-electron chi connectivity index (χ2n) is 4.74. The van der Waals surface area contributed by atoms with Crippen LogP contribution in [0.25, 0.3) is 0 Å². The predicted molar refractivity (Wildman–Crippen MR) is 86.9 cm³/mol. The number of amides is 1. The van der Waals surface area contributed by atoms with Crippen LogP contribution in [0.2, 0.25) is 0 Å². The van der Waals surface area contributed by atoms with Gasteiger partial charge in [0.1, 0.15) is 5.75 Å². The SMILES string of the molecule is COc1cc(OCC(=O)Nc2cccc([N+](=O)[O-])c2)ccc1[N+](=O)[O-]. The summed E-state index contributed by atoms with van der Waals surface area (Å²) < 4.78 is 10.1. The van der Waals surface area contributed by atoms with Crippen LogP contribution in [0.3, 0.4) is 0 Å². The van der Waals surface area contributed by atoms with Gasteiger partial charge in [-0.1, -0.05) is 6.07 Å². The van der Waals surface area contributed by atoms with Crippen molar-refractivity contribution in [3.05, 3.63) is 62.7 Å². The maximum atomic E-state index is 11.9. The van der Waals surface area contributed by atoms with E-state index in [0.717, 1.165) is 0 Å². The minimum Gasteiger partial charge on any atom is -0.490 e. The van der Waals surface area contributed by atoms with Gasteiger partial charge in [0.05, 0.1) is 17.0 Å². The number of anilines is 1. The van der Waals surface area contributed by atoms with Gasteiger partial charge in [-0.25, -0.2) is 0 Å². The molecule has 0 heterocycles. The highest BCUT2D eigenvalue weighted by molar-refractivity contribution is 5.92. The van der Waals surface area contributed by atoms with Gasteiger partial charge in [0.25, 0.3) is 11.6 Å². The summed E-state index contributed by atoms with van der Waals surface area (Å²) >= 11 is 0. The zero-order chi connectivity index (χ0) is 18.4. The lowest BCUT2D eigenvalue weighted by molar-refractivity contribution is -0.385. The Balaban J connectivity index is 1.99. The van der Waals surface area contributed by atoms with Crippen LogP contribution in [-0.2, 0) is 4.79 Å². The maximum Gasteiger partial charge on any atom is 0.311 e. The summed E-state index contributed by atoms with van der Waals surface area (Å²) in [5.74, 6) is -0.337. The number of methoxy groups -OCH3 is 1. The summed E-state index contributed by atoms with van der Waals surface area (Å²) in [6, 6.07) is 9.28. The van der Waals surface area contributed by atoms with E-state index in [1.54, 1.807) is 0 Å². The van der Waals surface area contributed by atoms with Crippen molar-refractivity contribution in [3.8, 4) is 11.5 Å². The molecular weight excluding hydrogens is 334 g/mol. The van der Waals surface area contributed by atoms with Gasteiger partial charge in [-0.2, -0.15) is 0 Å². The van der Waals surface area contributed by atoms with Gasteiger partial charge in [0.15, 0.2) is 6.61 Å². The molecule has 10 nitrogen and oxygen atoms in total. The first-order valence-electron chi connectivity index (χ1n) is 6.90. The van der Waals surface area contributed by atoms with Crippen LogP contribution in [-0.4, -0.2) is 29.5 Å². The van der Waals surface area contributed by atoms with E-state index in [9.17, 15) is 25.0 Å². The molecule has 0 aliphatic heterocycles. The summed E-state index contributed by atoms with van der Waals surface area (Å²) in [7, 11) is 1.28. The average molecular weight is 347 g/mol. The Morgan fingerprint density at radius 1 is 1.12 bits per heavy atom. The molecule has 2 rings (SSSR count). The van der Waals surface area contributed by atoms with Crippen molar-refractivity contribution in [1.29, 1.82) is 0 Å². The molecule has 0 aliphatic carbocycles. The molecule has 0 unspecified atom stereocenters. The number of benzene rings is 2. The Bertz CT molecular complexity index is 823. The lowest BCUT2D eigenvalue weighted by Gasteiger charge is -2.09. The number of non-ortho nitro benzene ring substituents is 1. The average Bonchev–Trinajstić information content (AvgIpc) is 2.59. The van der Waals surface area contributed by atoms with Gasteiger partial charge >= 0.3 is 5.69 Å². The third-order valence-electron chi connectivity index (χ3n) is 3.06. The first-order valence-corrected chi connectivity index (χ1v) is 6.90. The van der Waals surface area contributed by atoms with Crippen LogP contribution in [0.15, 0.2) is 42.5 Å². The van der Waals surface area contributed by atoms with Gasteiger partial charge < -0.3 is 14.8 Å². The van der Waals surface area contributed by atoms with E-state index in [1.165, 1.54) is 49.6 Å². The number of hydrogen-bond donors (Lipinski definition) is 1. The number of ether oxygens (including phenoxy) is 2. The molecule has 0 aliphatic rings. The molecule has 0 radical (unpaired) electrons. The third-order valence-corrected chi connectivity index (χ3v) is 3.06. The van der Waals surface area contributed by atoms with E-state index in [1.807, 2.05) is 0 Å². The Hall–Kier alpha value is -3.69. The van der Waals surface area contributed by atoms with Crippen LogP contribution in [0.1, 0.15) is 0 Å². The fourth-order valence-electron chi connectivity index (χ4n) is 1.94. The summed E-state index contributed by atoms with van der Waals surface area (Å²) in [4.78, 5) is 32.2. The molecule has 1 amide bonds. The Morgan fingerprint density at radius 3 is 2.52 bits per heavy atom. The molecule has 1 N–H and O–H groups in total. The molecule has 0 saturated carbocycles. The molecule has 0 saturated heterocycles. The van der Waals surface area contributed by atoms with Crippen molar-refractivity contribution >= 4 is 23.0 Å². The molecule has 2 aromatic carbocycles. The molecule has 0 fully saturated rings. The maximum absolute atomic E-state index is 11.9. The Labute approximate surface area is 141 Å². The first kappa shape index (κ1) is 17.7. The van der Waals surface area contributed by atoms with E-state index in [-0.39, 0.29) is 35.2 Å². The van der Waals surface area contributed by atoms with Crippen molar-refractivity contribution in [2.45, 2.75) is 0 Å². The highest BCUT2D eigenvalue weighted by atomic mass is 16.6. The number of nitro benzene ring substituents is 2. The Kier molecular flexibility index (Phi) is 5.46. The molecule has 0 atom stereocenters. The second-order valence-corrected chi connectivity index (χ2v) is 4.74. The number of rotatable bonds is 7. The molecule has 0 spiro atoms.